The Morgan fingerprint density at radius 2 is 1.65 bits per heavy atom. The van der Waals surface area contributed by atoms with E-state index in [2.05, 4.69) is 0 Å². The van der Waals surface area contributed by atoms with Crippen molar-refractivity contribution in [3.63, 3.8) is 0 Å². The molecule has 2 N–H and O–H groups in total. The van der Waals surface area contributed by atoms with E-state index in [9.17, 15) is 17.6 Å². The smallest absolute Gasteiger partial charge is 0.324 e. The number of alkyl halides is 3. The number of nitrogens with two attached hydrogens (primary N) is 1. The average molecular weight is 249 g/mol. The average Bonchev–Trinajstić information content (AvgIpc) is 2.14. The molecule has 0 aliphatic heterocycles. The quantitative estimate of drug-likeness (QED) is 0.751. The van der Waals surface area contributed by atoms with Gasteiger partial charge in [0.15, 0.2) is 0 Å². The van der Waals surface area contributed by atoms with E-state index in [0.717, 1.165) is 12.1 Å². The molecule has 0 spiro atoms. The van der Waals surface area contributed by atoms with E-state index in [1.807, 2.05) is 20.8 Å². The first-order valence-electron chi connectivity index (χ1n) is 5.15. The van der Waals surface area contributed by atoms with Crippen molar-refractivity contribution in [2.45, 2.75) is 33.0 Å². The van der Waals surface area contributed by atoms with Gasteiger partial charge in [0.1, 0.15) is 5.82 Å². The van der Waals surface area contributed by atoms with Crippen LogP contribution in [0.15, 0.2) is 18.2 Å². The largest absolute Gasteiger partial charge is 0.419 e. The minimum Gasteiger partial charge on any atom is -0.324 e. The van der Waals surface area contributed by atoms with Crippen molar-refractivity contribution in [1.29, 1.82) is 0 Å². The Labute approximate surface area is 97.6 Å². The fourth-order valence-corrected chi connectivity index (χ4v) is 1.45. The molecule has 0 bridgehead atoms. The number of halogens is 4. The molecule has 0 aromatic heterocycles. The summed E-state index contributed by atoms with van der Waals surface area (Å²) >= 11 is 0. The predicted molar refractivity (Wildman–Crippen MR) is 57.8 cm³/mol. The SMILES string of the molecule is CC(C)(C)[C@@H](N)c1ccc(F)c(C(F)(F)F)c1. The minimum absolute atomic E-state index is 0.284. The van der Waals surface area contributed by atoms with Crippen molar-refractivity contribution < 1.29 is 17.6 Å². The van der Waals surface area contributed by atoms with E-state index in [1.54, 1.807) is 0 Å². The van der Waals surface area contributed by atoms with Crippen LogP contribution in [-0.4, -0.2) is 0 Å². The van der Waals surface area contributed by atoms with Crippen molar-refractivity contribution >= 4 is 0 Å². The van der Waals surface area contributed by atoms with Gasteiger partial charge in [0.05, 0.1) is 5.56 Å². The molecule has 0 amide bonds. The summed E-state index contributed by atoms with van der Waals surface area (Å²) in [5.41, 5.74) is 4.47. The van der Waals surface area contributed by atoms with Gasteiger partial charge in [-0.3, -0.25) is 0 Å². The van der Waals surface area contributed by atoms with Crippen LogP contribution in [0.25, 0.3) is 0 Å². The first-order valence-corrected chi connectivity index (χ1v) is 5.15. The van der Waals surface area contributed by atoms with Crippen molar-refractivity contribution in [2.24, 2.45) is 11.1 Å². The van der Waals surface area contributed by atoms with Crippen LogP contribution < -0.4 is 5.73 Å². The van der Waals surface area contributed by atoms with Crippen LogP contribution >= 0.6 is 0 Å². The zero-order valence-corrected chi connectivity index (χ0v) is 9.90. The Morgan fingerprint density at radius 1 is 1.12 bits per heavy atom. The number of hydrogen-bond donors (Lipinski definition) is 1. The summed E-state index contributed by atoms with van der Waals surface area (Å²) < 4.78 is 50.6. The van der Waals surface area contributed by atoms with Crippen LogP contribution in [-0.2, 0) is 6.18 Å². The van der Waals surface area contributed by atoms with Gasteiger partial charge in [-0.15, -0.1) is 0 Å². The van der Waals surface area contributed by atoms with Crippen LogP contribution in [0.5, 0.6) is 0 Å². The van der Waals surface area contributed by atoms with Crippen LogP contribution in [0.3, 0.4) is 0 Å². The maximum Gasteiger partial charge on any atom is 0.419 e. The Bertz CT molecular complexity index is 404. The highest BCUT2D eigenvalue weighted by Gasteiger charge is 2.35. The lowest BCUT2D eigenvalue weighted by Crippen LogP contribution is -2.26. The molecule has 1 aromatic rings. The molecule has 17 heavy (non-hydrogen) atoms. The molecule has 1 rings (SSSR count). The summed E-state index contributed by atoms with van der Waals surface area (Å²) in [6.45, 7) is 5.44. The van der Waals surface area contributed by atoms with Crippen LogP contribution in [0.4, 0.5) is 17.6 Å². The van der Waals surface area contributed by atoms with Gasteiger partial charge in [-0.1, -0.05) is 26.8 Å². The Morgan fingerprint density at radius 3 is 2.06 bits per heavy atom. The molecule has 1 nitrogen and oxygen atoms in total. The van der Waals surface area contributed by atoms with Gasteiger partial charge in [0, 0.05) is 6.04 Å². The van der Waals surface area contributed by atoms with E-state index < -0.39 is 23.6 Å². The predicted octanol–water partition coefficient (Wildman–Crippen LogP) is 3.89. The summed E-state index contributed by atoms with van der Waals surface area (Å²) in [7, 11) is 0. The lowest BCUT2D eigenvalue weighted by Gasteiger charge is -2.28. The molecule has 0 radical (unpaired) electrons. The Hall–Kier alpha value is -1.10. The Balaban J connectivity index is 3.23. The van der Waals surface area contributed by atoms with Crippen molar-refractivity contribution in [1.82, 2.24) is 0 Å². The summed E-state index contributed by atoms with van der Waals surface area (Å²) in [6.07, 6.45) is -4.70. The summed E-state index contributed by atoms with van der Waals surface area (Å²) in [5.74, 6) is -1.28. The topological polar surface area (TPSA) is 26.0 Å². The zero-order chi connectivity index (χ0) is 13.4. The van der Waals surface area contributed by atoms with Gasteiger partial charge in [-0.05, 0) is 23.1 Å². The lowest BCUT2D eigenvalue weighted by molar-refractivity contribution is -0.140. The number of hydrogen-bond acceptors (Lipinski definition) is 1. The zero-order valence-electron chi connectivity index (χ0n) is 9.90. The maximum atomic E-state index is 13.1. The van der Waals surface area contributed by atoms with E-state index in [4.69, 9.17) is 5.73 Å². The second-order valence-electron chi connectivity index (χ2n) is 5.08. The van der Waals surface area contributed by atoms with E-state index in [0.29, 0.717) is 0 Å². The molecule has 0 saturated carbocycles. The van der Waals surface area contributed by atoms with Crippen LogP contribution in [0, 0.1) is 11.2 Å². The molecular weight excluding hydrogens is 234 g/mol. The third-order valence-electron chi connectivity index (χ3n) is 2.59. The van der Waals surface area contributed by atoms with Crippen LogP contribution in [0.1, 0.15) is 37.9 Å². The van der Waals surface area contributed by atoms with Gasteiger partial charge < -0.3 is 5.73 Å². The highest BCUT2D eigenvalue weighted by atomic mass is 19.4. The van der Waals surface area contributed by atoms with E-state index in [-0.39, 0.29) is 11.0 Å². The van der Waals surface area contributed by atoms with Gasteiger partial charge in [0.25, 0.3) is 0 Å². The molecule has 0 aliphatic carbocycles. The molecule has 1 aromatic carbocycles. The molecule has 0 saturated heterocycles. The van der Waals surface area contributed by atoms with Gasteiger partial charge in [-0.25, -0.2) is 4.39 Å². The maximum absolute atomic E-state index is 13.1. The first kappa shape index (κ1) is 14.0. The van der Waals surface area contributed by atoms with Gasteiger partial charge in [0.2, 0.25) is 0 Å². The normalized spacial score (nSPS) is 14.8. The third kappa shape index (κ3) is 3.19. The first-order chi connectivity index (χ1) is 7.53. The fourth-order valence-electron chi connectivity index (χ4n) is 1.45. The second kappa shape index (κ2) is 4.29. The number of rotatable bonds is 1. The molecule has 0 aliphatic rings. The number of benzene rings is 1. The summed E-state index contributed by atoms with van der Waals surface area (Å²) in [6, 6.07) is 2.30. The molecule has 0 unspecified atom stereocenters. The van der Waals surface area contributed by atoms with Crippen molar-refractivity contribution in [3.05, 3.63) is 35.1 Å². The van der Waals surface area contributed by atoms with Gasteiger partial charge >= 0.3 is 6.18 Å². The highest BCUT2D eigenvalue weighted by molar-refractivity contribution is 5.30. The van der Waals surface area contributed by atoms with Crippen LogP contribution in [0.2, 0.25) is 0 Å². The molecule has 0 fully saturated rings. The van der Waals surface area contributed by atoms with E-state index in [1.165, 1.54) is 6.07 Å². The second-order valence-corrected chi connectivity index (χ2v) is 5.08. The standard InChI is InChI=1S/C12H15F4N/c1-11(2,3)10(17)7-4-5-9(13)8(6-7)12(14,15)16/h4-6,10H,17H2,1-3H3/t10-/m0/s1. The van der Waals surface area contributed by atoms with Crippen molar-refractivity contribution in [2.75, 3.05) is 0 Å². The fraction of sp³-hybridized carbons (Fsp3) is 0.500. The molecular formula is C12H15F4N. The molecule has 1 atom stereocenters. The monoisotopic (exact) mass is 249 g/mol. The summed E-state index contributed by atoms with van der Waals surface area (Å²) in [4.78, 5) is 0. The minimum atomic E-state index is -4.70. The molecule has 96 valence electrons. The van der Waals surface area contributed by atoms with Gasteiger partial charge in [-0.2, -0.15) is 13.2 Å². The molecule has 5 heteroatoms. The molecule has 0 heterocycles. The summed E-state index contributed by atoms with van der Waals surface area (Å²) in [5, 5.41) is 0. The van der Waals surface area contributed by atoms with E-state index >= 15 is 0 Å². The highest BCUT2D eigenvalue weighted by Crippen LogP contribution is 2.36. The third-order valence-corrected chi connectivity index (χ3v) is 2.59. The Kier molecular flexibility index (Phi) is 3.52. The lowest BCUT2D eigenvalue weighted by atomic mass is 9.82. The van der Waals surface area contributed by atoms with Crippen molar-refractivity contribution in [3.8, 4) is 0 Å².